The second-order valence-electron chi connectivity index (χ2n) is 7.89. The van der Waals surface area contributed by atoms with Crippen LogP contribution in [0.2, 0.25) is 0 Å². The number of aryl methyl sites for hydroxylation is 2. The van der Waals surface area contributed by atoms with Crippen LogP contribution >= 0.6 is 11.8 Å². The first kappa shape index (κ1) is 23.5. The van der Waals surface area contributed by atoms with Crippen molar-refractivity contribution in [3.05, 3.63) is 103 Å². The first-order valence-corrected chi connectivity index (χ1v) is 13.9. The van der Waals surface area contributed by atoms with Gasteiger partial charge in [0.1, 0.15) is 5.75 Å². The quantitative estimate of drug-likeness (QED) is 0.192. The Labute approximate surface area is 202 Å². The fourth-order valence-corrected chi connectivity index (χ4v) is 6.85. The molecule has 4 heteroatoms. The Bertz CT molecular complexity index is 1340. The minimum atomic E-state index is -2.53. The van der Waals surface area contributed by atoms with Crippen molar-refractivity contribution in [2.24, 2.45) is 0 Å². The third-order valence-electron chi connectivity index (χ3n) is 5.73. The summed E-state index contributed by atoms with van der Waals surface area (Å²) >= 11 is 1.79. The van der Waals surface area contributed by atoms with E-state index in [9.17, 15) is 4.21 Å². The highest BCUT2D eigenvalue weighted by Crippen LogP contribution is 2.37. The van der Waals surface area contributed by atoms with Crippen molar-refractivity contribution in [2.75, 3.05) is 12.4 Å². The maximum atomic E-state index is 13.7. The van der Waals surface area contributed by atoms with Crippen molar-refractivity contribution in [1.82, 2.24) is 0 Å². The van der Waals surface area contributed by atoms with Crippen LogP contribution in [0.25, 0.3) is 10.8 Å². The molecule has 0 aliphatic rings. The molecule has 0 saturated heterocycles. The van der Waals surface area contributed by atoms with Crippen molar-refractivity contribution < 1.29 is 8.95 Å². The van der Waals surface area contributed by atoms with E-state index in [1.54, 1.807) is 11.8 Å². The Hall–Kier alpha value is -2.69. The van der Waals surface area contributed by atoms with E-state index in [4.69, 9.17) is 4.74 Å². The normalized spacial score (nSPS) is 13.0. The fraction of sp³-hybridized carbons (Fsp3) is 0.172. The average Bonchev–Trinajstić information content (AvgIpc) is 2.84. The summed E-state index contributed by atoms with van der Waals surface area (Å²) in [4.78, 5) is 3.14. The lowest BCUT2D eigenvalue weighted by Crippen LogP contribution is -2.11. The highest BCUT2D eigenvalue weighted by molar-refractivity contribution is 8.00. The predicted molar refractivity (Wildman–Crippen MR) is 143 cm³/mol. The zero-order chi connectivity index (χ0) is 23.3. The fourth-order valence-electron chi connectivity index (χ4n) is 4.13. The smallest absolute Gasteiger partial charge is 0.130 e. The van der Waals surface area contributed by atoms with Crippen LogP contribution in [0.4, 0.5) is 0 Å². The van der Waals surface area contributed by atoms with Crippen LogP contribution in [0.1, 0.15) is 18.1 Å². The molecular formula is C29H29O2S2-. The summed E-state index contributed by atoms with van der Waals surface area (Å²) in [7, 11) is -2.53. The lowest BCUT2D eigenvalue weighted by molar-refractivity contribution is 0.352. The number of fused-ring (bicyclic) bond motifs is 1. The molecule has 33 heavy (non-hydrogen) atoms. The highest BCUT2D eigenvalue weighted by atomic mass is 32.2. The molecule has 4 aromatic rings. The van der Waals surface area contributed by atoms with Gasteiger partial charge in [-0.3, -0.25) is 4.21 Å². The average molecular weight is 474 g/mol. The minimum absolute atomic E-state index is 0.287. The van der Waals surface area contributed by atoms with Gasteiger partial charge >= 0.3 is 0 Å². The number of benzene rings is 4. The van der Waals surface area contributed by atoms with Crippen LogP contribution in [0.3, 0.4) is 0 Å². The molecule has 0 saturated carbocycles. The first-order chi connectivity index (χ1) is 16.0. The monoisotopic (exact) mass is 473 g/mol. The molecule has 0 aliphatic carbocycles. The van der Waals surface area contributed by atoms with Gasteiger partial charge in [0.2, 0.25) is 0 Å². The number of hydrogen-bond acceptors (Lipinski definition) is 3. The molecule has 2 nitrogen and oxygen atoms in total. The van der Waals surface area contributed by atoms with E-state index in [0.29, 0.717) is 22.8 Å². The van der Waals surface area contributed by atoms with E-state index in [1.807, 2.05) is 30.3 Å². The Morgan fingerprint density at radius 2 is 1.61 bits per heavy atom. The van der Waals surface area contributed by atoms with Crippen LogP contribution in [0.15, 0.2) is 99.6 Å². The molecule has 0 fully saturated rings. The number of rotatable bonds is 9. The van der Waals surface area contributed by atoms with Gasteiger partial charge in [-0.1, -0.05) is 73.3 Å². The largest absolute Gasteiger partial charge is 0.524 e. The van der Waals surface area contributed by atoms with E-state index < -0.39 is 9.52 Å². The molecule has 0 spiro atoms. The summed E-state index contributed by atoms with van der Waals surface area (Å²) in [5, 5.41) is 2.50. The highest BCUT2D eigenvalue weighted by Gasteiger charge is 2.17. The molecule has 0 heterocycles. The summed E-state index contributed by atoms with van der Waals surface area (Å²) in [6, 6.07) is 28.8. The Morgan fingerprint density at radius 3 is 2.33 bits per heavy atom. The molecule has 4 rings (SSSR count). The van der Waals surface area contributed by atoms with Gasteiger partial charge in [0.05, 0.1) is 4.90 Å². The van der Waals surface area contributed by atoms with Crippen molar-refractivity contribution in [2.45, 2.75) is 34.5 Å². The summed E-state index contributed by atoms with van der Waals surface area (Å²) in [5.74, 6) is 5.19. The number of ether oxygens (including phenoxy) is 1. The van der Waals surface area contributed by atoms with Crippen molar-refractivity contribution in [3.63, 3.8) is 0 Å². The SMILES string of the molecule is C=S(=O)(CCc1cc(Sc2ccccc2)c(CC)c2ccccc12)c1ccccc1OC[CH2-]. The topological polar surface area (TPSA) is 26.3 Å². The lowest BCUT2D eigenvalue weighted by Gasteiger charge is -2.18. The second-order valence-corrected chi connectivity index (χ2v) is 11.5. The van der Waals surface area contributed by atoms with Crippen molar-refractivity contribution >= 4 is 37.9 Å². The van der Waals surface area contributed by atoms with E-state index in [-0.39, 0.29) is 6.61 Å². The van der Waals surface area contributed by atoms with E-state index >= 15 is 0 Å². The van der Waals surface area contributed by atoms with Crippen LogP contribution < -0.4 is 4.74 Å². The molecule has 4 aromatic carbocycles. The Morgan fingerprint density at radius 1 is 0.939 bits per heavy atom. The van der Waals surface area contributed by atoms with Crippen LogP contribution in [0, 0.1) is 6.92 Å². The van der Waals surface area contributed by atoms with Crippen molar-refractivity contribution in [3.8, 4) is 5.75 Å². The zero-order valence-electron chi connectivity index (χ0n) is 19.0. The summed E-state index contributed by atoms with van der Waals surface area (Å²) in [6.45, 7) is 6.25. The van der Waals surface area contributed by atoms with Gasteiger partial charge in [-0.15, -0.1) is 0 Å². The van der Waals surface area contributed by atoms with Crippen LogP contribution in [-0.4, -0.2) is 22.4 Å². The maximum absolute atomic E-state index is 13.7. The van der Waals surface area contributed by atoms with Crippen molar-refractivity contribution in [1.29, 1.82) is 0 Å². The van der Waals surface area contributed by atoms with Gasteiger partial charge in [-0.25, -0.2) is 0 Å². The Kier molecular flexibility index (Phi) is 7.46. The maximum Gasteiger partial charge on any atom is 0.130 e. The molecule has 0 aliphatic heterocycles. The van der Waals surface area contributed by atoms with Crippen LogP contribution in [0.5, 0.6) is 5.75 Å². The number of para-hydroxylation sites is 1. The van der Waals surface area contributed by atoms with E-state index in [1.165, 1.54) is 31.7 Å². The molecular weight excluding hydrogens is 444 g/mol. The van der Waals surface area contributed by atoms with Gasteiger partial charge in [0, 0.05) is 15.5 Å². The van der Waals surface area contributed by atoms with E-state index in [2.05, 4.69) is 74.3 Å². The molecule has 1 unspecified atom stereocenters. The van der Waals surface area contributed by atoms with E-state index in [0.717, 1.165) is 6.42 Å². The summed E-state index contributed by atoms with van der Waals surface area (Å²) in [6.07, 6.45) is 1.63. The molecule has 0 radical (unpaired) electrons. The molecule has 0 N–H and O–H groups in total. The minimum Gasteiger partial charge on any atom is -0.524 e. The molecule has 170 valence electrons. The lowest BCUT2D eigenvalue weighted by atomic mass is 9.97. The van der Waals surface area contributed by atoms with Gasteiger partial charge in [-0.05, 0) is 87.1 Å². The molecule has 0 amide bonds. The van der Waals surface area contributed by atoms with Gasteiger partial charge in [-0.2, -0.15) is 0 Å². The van der Waals surface area contributed by atoms with Gasteiger partial charge in [0.25, 0.3) is 0 Å². The summed E-state index contributed by atoms with van der Waals surface area (Å²) < 4.78 is 19.3. The third-order valence-corrected chi connectivity index (χ3v) is 8.83. The predicted octanol–water partition coefficient (Wildman–Crippen LogP) is 7.08. The third kappa shape index (κ3) is 5.29. The first-order valence-electron chi connectivity index (χ1n) is 11.2. The molecule has 0 aromatic heterocycles. The van der Waals surface area contributed by atoms with Gasteiger partial charge in [0.15, 0.2) is 0 Å². The molecule has 0 bridgehead atoms. The molecule has 1 atom stereocenters. The standard InChI is InChI=1S/C29H29O2S2/c1-4-24-26-16-10-9-15-25(26)22(21-28(24)32-23-13-7-6-8-14-23)19-20-33(3,30)29-18-12-11-17-27(29)31-5-2/h6-18,21H,2-5,19-20H2,1H3/q-1. The summed E-state index contributed by atoms with van der Waals surface area (Å²) in [5.41, 5.74) is 2.56. The Balaban J connectivity index is 1.72. The van der Waals surface area contributed by atoms with Crippen LogP contribution in [-0.2, 0) is 22.4 Å². The number of hydrogen-bond donors (Lipinski definition) is 0. The zero-order valence-corrected chi connectivity index (χ0v) is 20.6. The second kappa shape index (κ2) is 10.5. The van der Waals surface area contributed by atoms with Gasteiger partial charge < -0.3 is 11.7 Å².